The Kier molecular flexibility index (Phi) is 4.01. The van der Waals surface area contributed by atoms with Crippen molar-refractivity contribution in [3.63, 3.8) is 0 Å². The SMILES string of the molecule is COc1ccc(-c2nc3c4c5c(sc4nc(C)n3n2)CCCC5C)cc1OC. The van der Waals surface area contributed by atoms with Gasteiger partial charge in [0.25, 0.3) is 0 Å². The highest BCUT2D eigenvalue weighted by Crippen LogP contribution is 2.43. The highest BCUT2D eigenvalue weighted by Gasteiger charge is 2.26. The summed E-state index contributed by atoms with van der Waals surface area (Å²) in [6.45, 7) is 4.30. The molecule has 0 spiro atoms. The Balaban J connectivity index is 1.76. The van der Waals surface area contributed by atoms with E-state index in [1.165, 1.54) is 28.7 Å². The number of methoxy groups -OCH3 is 2. The van der Waals surface area contributed by atoms with E-state index in [-0.39, 0.29) is 0 Å². The van der Waals surface area contributed by atoms with Crippen LogP contribution >= 0.6 is 11.3 Å². The Labute approximate surface area is 167 Å². The molecule has 0 N–H and O–H groups in total. The third kappa shape index (κ3) is 2.49. The Morgan fingerprint density at radius 3 is 2.75 bits per heavy atom. The Bertz CT molecular complexity index is 1210. The number of thiophene rings is 1. The average Bonchev–Trinajstić information content (AvgIpc) is 3.30. The minimum atomic E-state index is 0.534. The van der Waals surface area contributed by atoms with Crippen molar-refractivity contribution in [2.75, 3.05) is 14.2 Å². The third-order valence-electron chi connectivity index (χ3n) is 5.58. The van der Waals surface area contributed by atoms with Crippen LogP contribution in [0.4, 0.5) is 0 Å². The first-order valence-electron chi connectivity index (χ1n) is 9.51. The molecule has 1 unspecified atom stereocenters. The van der Waals surface area contributed by atoms with Gasteiger partial charge in [-0.05, 0) is 55.9 Å². The lowest BCUT2D eigenvalue weighted by molar-refractivity contribution is 0.355. The molecule has 28 heavy (non-hydrogen) atoms. The second-order valence-corrected chi connectivity index (χ2v) is 8.40. The highest BCUT2D eigenvalue weighted by atomic mass is 32.1. The summed E-state index contributed by atoms with van der Waals surface area (Å²) in [6.07, 6.45) is 3.61. The lowest BCUT2D eigenvalue weighted by Crippen LogP contribution is -2.05. The van der Waals surface area contributed by atoms with Crippen molar-refractivity contribution in [3.8, 4) is 22.9 Å². The number of hydrogen-bond acceptors (Lipinski definition) is 6. The van der Waals surface area contributed by atoms with Gasteiger partial charge >= 0.3 is 0 Å². The lowest BCUT2D eigenvalue weighted by Gasteiger charge is -2.18. The van der Waals surface area contributed by atoms with E-state index >= 15 is 0 Å². The molecule has 0 radical (unpaired) electrons. The summed E-state index contributed by atoms with van der Waals surface area (Å²) in [6, 6.07) is 5.76. The van der Waals surface area contributed by atoms with Crippen molar-refractivity contribution in [1.29, 1.82) is 0 Å². The second kappa shape index (κ2) is 6.44. The molecule has 3 heterocycles. The van der Waals surface area contributed by atoms with E-state index in [1.807, 2.05) is 41.0 Å². The van der Waals surface area contributed by atoms with Gasteiger partial charge in [-0.2, -0.15) is 4.52 Å². The minimum Gasteiger partial charge on any atom is -0.493 e. The van der Waals surface area contributed by atoms with Gasteiger partial charge in [0.1, 0.15) is 10.7 Å². The summed E-state index contributed by atoms with van der Waals surface area (Å²) in [7, 11) is 3.27. The third-order valence-corrected chi connectivity index (χ3v) is 6.74. The summed E-state index contributed by atoms with van der Waals surface area (Å²) in [5, 5.41) is 5.95. The summed E-state index contributed by atoms with van der Waals surface area (Å²) in [5.41, 5.74) is 3.22. The molecule has 5 rings (SSSR count). The van der Waals surface area contributed by atoms with Crippen molar-refractivity contribution in [2.24, 2.45) is 0 Å². The molecule has 1 aliphatic rings. The zero-order chi connectivity index (χ0) is 19.4. The standard InChI is InChI=1S/C21H22N4O2S/c1-11-6-5-7-16-17(11)18-20-23-19(24-25(20)12(2)22-21(18)28-16)13-8-9-14(26-3)15(10-13)27-4/h8-11H,5-7H2,1-4H3. The number of fused-ring (bicyclic) bond motifs is 5. The van der Waals surface area contributed by atoms with E-state index in [0.717, 1.165) is 28.3 Å². The second-order valence-electron chi connectivity index (χ2n) is 7.31. The molecule has 0 bridgehead atoms. The number of rotatable bonds is 3. The van der Waals surface area contributed by atoms with Crippen LogP contribution in [0.2, 0.25) is 0 Å². The van der Waals surface area contributed by atoms with Crippen LogP contribution in [0.5, 0.6) is 11.5 Å². The number of aromatic nitrogens is 4. The molecule has 4 aromatic rings. The summed E-state index contributed by atoms with van der Waals surface area (Å²) < 4.78 is 12.7. The van der Waals surface area contributed by atoms with Gasteiger partial charge in [0, 0.05) is 10.4 Å². The molecular formula is C21H22N4O2S. The van der Waals surface area contributed by atoms with Crippen molar-refractivity contribution < 1.29 is 9.47 Å². The van der Waals surface area contributed by atoms with Gasteiger partial charge in [-0.15, -0.1) is 16.4 Å². The molecule has 0 aliphatic heterocycles. The molecule has 3 aromatic heterocycles. The van der Waals surface area contributed by atoms with E-state index < -0.39 is 0 Å². The molecule has 1 aromatic carbocycles. The van der Waals surface area contributed by atoms with E-state index in [0.29, 0.717) is 23.2 Å². The van der Waals surface area contributed by atoms with Crippen LogP contribution in [-0.4, -0.2) is 33.8 Å². The summed E-state index contributed by atoms with van der Waals surface area (Å²) >= 11 is 1.82. The summed E-state index contributed by atoms with van der Waals surface area (Å²) in [4.78, 5) is 12.3. The van der Waals surface area contributed by atoms with E-state index in [4.69, 9.17) is 24.5 Å². The van der Waals surface area contributed by atoms with Gasteiger partial charge in [-0.25, -0.2) is 9.97 Å². The first-order chi connectivity index (χ1) is 13.6. The van der Waals surface area contributed by atoms with Crippen LogP contribution < -0.4 is 9.47 Å². The van der Waals surface area contributed by atoms with Crippen molar-refractivity contribution >= 4 is 27.2 Å². The number of benzene rings is 1. The molecule has 6 nitrogen and oxygen atoms in total. The monoisotopic (exact) mass is 394 g/mol. The van der Waals surface area contributed by atoms with Gasteiger partial charge in [0.15, 0.2) is 23.0 Å². The number of nitrogens with zero attached hydrogens (tertiary/aromatic N) is 4. The topological polar surface area (TPSA) is 61.5 Å². The molecule has 7 heteroatoms. The van der Waals surface area contributed by atoms with E-state index in [9.17, 15) is 0 Å². The normalized spacial score (nSPS) is 16.5. The van der Waals surface area contributed by atoms with Crippen LogP contribution in [-0.2, 0) is 6.42 Å². The largest absolute Gasteiger partial charge is 0.493 e. The maximum Gasteiger partial charge on any atom is 0.182 e. The van der Waals surface area contributed by atoms with Crippen LogP contribution in [0, 0.1) is 6.92 Å². The molecule has 0 amide bonds. The van der Waals surface area contributed by atoms with Gasteiger partial charge in [-0.1, -0.05) is 6.92 Å². The van der Waals surface area contributed by atoms with Gasteiger partial charge in [0.2, 0.25) is 0 Å². The zero-order valence-electron chi connectivity index (χ0n) is 16.4. The first kappa shape index (κ1) is 17.4. The quantitative estimate of drug-likeness (QED) is 0.501. The van der Waals surface area contributed by atoms with Crippen LogP contribution in [0.3, 0.4) is 0 Å². The summed E-state index contributed by atoms with van der Waals surface area (Å²) in [5.74, 6) is 3.41. The Hall–Kier alpha value is -2.67. The highest BCUT2D eigenvalue weighted by molar-refractivity contribution is 7.19. The number of hydrogen-bond donors (Lipinski definition) is 0. The Morgan fingerprint density at radius 2 is 1.96 bits per heavy atom. The average molecular weight is 395 g/mol. The first-order valence-corrected chi connectivity index (χ1v) is 10.3. The zero-order valence-corrected chi connectivity index (χ0v) is 17.3. The molecule has 0 saturated heterocycles. The number of aryl methyl sites for hydroxylation is 2. The van der Waals surface area contributed by atoms with Gasteiger partial charge < -0.3 is 9.47 Å². The minimum absolute atomic E-state index is 0.534. The molecule has 1 atom stereocenters. The number of ether oxygens (including phenoxy) is 2. The van der Waals surface area contributed by atoms with Crippen LogP contribution in [0.15, 0.2) is 18.2 Å². The fraction of sp³-hybridized carbons (Fsp3) is 0.381. The fourth-order valence-corrected chi connectivity index (χ4v) is 5.56. The predicted octanol–water partition coefficient (Wildman–Crippen LogP) is 4.77. The van der Waals surface area contributed by atoms with Crippen molar-refractivity contribution in [3.05, 3.63) is 34.5 Å². The molecule has 0 fully saturated rings. The molecule has 1 aliphatic carbocycles. The molecular weight excluding hydrogens is 372 g/mol. The maximum atomic E-state index is 5.44. The predicted molar refractivity (Wildman–Crippen MR) is 111 cm³/mol. The van der Waals surface area contributed by atoms with Crippen LogP contribution in [0.25, 0.3) is 27.3 Å². The molecule has 144 valence electrons. The smallest absolute Gasteiger partial charge is 0.182 e. The molecule has 0 saturated carbocycles. The van der Waals surface area contributed by atoms with Gasteiger partial charge in [0.05, 0.1) is 19.6 Å². The fourth-order valence-electron chi connectivity index (χ4n) is 4.18. The Morgan fingerprint density at radius 1 is 1.14 bits per heavy atom. The van der Waals surface area contributed by atoms with Crippen LogP contribution in [0.1, 0.15) is 41.9 Å². The maximum absolute atomic E-state index is 5.44. The van der Waals surface area contributed by atoms with Gasteiger partial charge in [-0.3, -0.25) is 0 Å². The van der Waals surface area contributed by atoms with E-state index in [1.54, 1.807) is 14.2 Å². The van der Waals surface area contributed by atoms with Crippen molar-refractivity contribution in [2.45, 2.75) is 39.0 Å². The lowest BCUT2D eigenvalue weighted by atomic mass is 9.87. The van der Waals surface area contributed by atoms with Crippen molar-refractivity contribution in [1.82, 2.24) is 19.6 Å². The van der Waals surface area contributed by atoms with E-state index in [2.05, 4.69) is 6.92 Å².